The van der Waals surface area contributed by atoms with Crippen LogP contribution in [-0.2, 0) is 0 Å². The van der Waals surface area contributed by atoms with Gasteiger partial charge >= 0.3 is 0 Å². The third kappa shape index (κ3) is 3.53. The highest BCUT2D eigenvalue weighted by atomic mass is 16.6. The summed E-state index contributed by atoms with van der Waals surface area (Å²) in [6.07, 6.45) is 1.72. The fourth-order valence-electron chi connectivity index (χ4n) is 4.12. The maximum atomic E-state index is 12.8. The summed E-state index contributed by atoms with van der Waals surface area (Å²) in [7, 11) is 2.11. The first-order valence-corrected chi connectivity index (χ1v) is 10.0. The summed E-state index contributed by atoms with van der Waals surface area (Å²) in [4.78, 5) is 23.3. The summed E-state index contributed by atoms with van der Waals surface area (Å²) < 4.78 is 11.1. The van der Waals surface area contributed by atoms with Crippen molar-refractivity contribution in [2.75, 3.05) is 26.8 Å². The number of aromatic nitrogens is 2. The van der Waals surface area contributed by atoms with Crippen molar-refractivity contribution in [1.82, 2.24) is 20.2 Å². The summed E-state index contributed by atoms with van der Waals surface area (Å²) in [5.41, 5.74) is 2.60. The van der Waals surface area contributed by atoms with Gasteiger partial charge in [-0.15, -0.1) is 0 Å². The highest BCUT2D eigenvalue weighted by Gasteiger charge is 2.30. The third-order valence-corrected chi connectivity index (χ3v) is 5.73. The lowest BCUT2D eigenvalue weighted by atomic mass is 9.96. The average molecular weight is 392 g/mol. The Bertz CT molecular complexity index is 1010. The number of piperidine rings is 1. The van der Waals surface area contributed by atoms with Gasteiger partial charge < -0.3 is 19.8 Å². The Kier molecular flexibility index (Phi) is 4.60. The number of hydrogen-bond donors (Lipinski definition) is 2. The summed E-state index contributed by atoms with van der Waals surface area (Å²) in [6.45, 7) is 1.94. The molecule has 2 aliphatic rings. The zero-order valence-electron chi connectivity index (χ0n) is 16.4. The molecular formula is C22H24N4O3. The summed E-state index contributed by atoms with van der Waals surface area (Å²) >= 11 is 0. The van der Waals surface area contributed by atoms with Crippen LogP contribution in [0, 0.1) is 0 Å². The van der Waals surface area contributed by atoms with Crippen molar-refractivity contribution in [3.63, 3.8) is 0 Å². The first-order chi connectivity index (χ1) is 14.2. The van der Waals surface area contributed by atoms with Crippen LogP contribution in [0.15, 0.2) is 42.5 Å². The molecule has 1 fully saturated rings. The van der Waals surface area contributed by atoms with E-state index >= 15 is 0 Å². The van der Waals surface area contributed by atoms with Gasteiger partial charge in [-0.1, -0.05) is 12.1 Å². The van der Waals surface area contributed by atoms with E-state index in [9.17, 15) is 4.79 Å². The number of aromatic amines is 1. The van der Waals surface area contributed by atoms with Gasteiger partial charge in [0.05, 0.1) is 17.1 Å². The number of para-hydroxylation sites is 2. The van der Waals surface area contributed by atoms with E-state index in [1.54, 1.807) is 18.2 Å². The molecule has 5 rings (SSSR count). The summed E-state index contributed by atoms with van der Waals surface area (Å²) in [6, 6.07) is 13.6. The van der Waals surface area contributed by atoms with E-state index in [1.165, 1.54) is 0 Å². The molecule has 29 heavy (non-hydrogen) atoms. The van der Waals surface area contributed by atoms with Crippen molar-refractivity contribution < 1.29 is 14.3 Å². The average Bonchev–Trinajstić information content (AvgIpc) is 3.18. The van der Waals surface area contributed by atoms with E-state index in [-0.39, 0.29) is 18.0 Å². The number of rotatable bonds is 3. The molecule has 0 spiro atoms. The van der Waals surface area contributed by atoms with Crippen LogP contribution >= 0.6 is 0 Å². The summed E-state index contributed by atoms with van der Waals surface area (Å²) in [5.74, 6) is 2.19. The van der Waals surface area contributed by atoms with Crippen LogP contribution in [0.5, 0.6) is 11.5 Å². The fraction of sp³-hybridized carbons (Fsp3) is 0.364. The van der Waals surface area contributed by atoms with Crippen LogP contribution in [0.1, 0.15) is 35.1 Å². The number of imidazole rings is 1. The zero-order chi connectivity index (χ0) is 19.8. The van der Waals surface area contributed by atoms with Crippen molar-refractivity contribution in [3.05, 3.63) is 53.9 Å². The van der Waals surface area contributed by atoms with E-state index in [2.05, 4.69) is 22.2 Å². The van der Waals surface area contributed by atoms with Gasteiger partial charge in [0.25, 0.3) is 5.91 Å². The molecule has 7 heteroatoms. The first-order valence-electron chi connectivity index (χ1n) is 10.0. The highest BCUT2D eigenvalue weighted by Crippen LogP contribution is 2.32. The Balaban J connectivity index is 1.30. The fourth-order valence-corrected chi connectivity index (χ4v) is 4.12. The molecule has 0 bridgehead atoms. The standard InChI is InChI=1S/C22H24N4O3/c1-26-9-8-15(13-18(26)21-24-16-4-2-3-5-17(16)25-21)23-22(27)14-6-7-19-20(12-14)29-11-10-28-19/h2-7,12,15,18H,8-11,13H2,1H3,(H,23,27)(H,24,25)/t15-,18+/m1/s1. The lowest BCUT2D eigenvalue weighted by Crippen LogP contribution is -2.45. The Labute approximate surface area is 169 Å². The van der Waals surface area contributed by atoms with Gasteiger partial charge in [-0.05, 0) is 50.2 Å². The van der Waals surface area contributed by atoms with Gasteiger partial charge in [-0.2, -0.15) is 0 Å². The van der Waals surface area contributed by atoms with Gasteiger partial charge in [0, 0.05) is 18.2 Å². The third-order valence-electron chi connectivity index (χ3n) is 5.73. The predicted octanol–water partition coefficient (Wildman–Crippen LogP) is 2.90. The van der Waals surface area contributed by atoms with Gasteiger partial charge in [0.2, 0.25) is 0 Å². The molecule has 0 unspecified atom stereocenters. The number of nitrogens with zero attached hydrogens (tertiary/aromatic N) is 2. The molecule has 0 aliphatic carbocycles. The minimum Gasteiger partial charge on any atom is -0.486 e. The first kappa shape index (κ1) is 18.0. The highest BCUT2D eigenvalue weighted by molar-refractivity contribution is 5.95. The van der Waals surface area contributed by atoms with Gasteiger partial charge in [0.1, 0.15) is 19.0 Å². The molecule has 3 heterocycles. The number of fused-ring (bicyclic) bond motifs is 2. The molecule has 2 atom stereocenters. The number of carbonyl (C=O) groups is 1. The molecule has 1 saturated heterocycles. The number of carbonyl (C=O) groups excluding carboxylic acids is 1. The number of ether oxygens (including phenoxy) is 2. The van der Waals surface area contributed by atoms with Crippen LogP contribution in [0.25, 0.3) is 11.0 Å². The molecule has 2 aliphatic heterocycles. The Morgan fingerprint density at radius 1 is 1.17 bits per heavy atom. The van der Waals surface area contributed by atoms with Gasteiger partial charge in [0.15, 0.2) is 11.5 Å². The molecule has 3 aromatic rings. The predicted molar refractivity (Wildman–Crippen MR) is 109 cm³/mol. The lowest BCUT2D eigenvalue weighted by molar-refractivity contribution is 0.0883. The van der Waals surface area contributed by atoms with Crippen molar-refractivity contribution in [2.45, 2.75) is 24.9 Å². The number of amides is 1. The minimum absolute atomic E-state index is 0.0834. The van der Waals surface area contributed by atoms with Crippen LogP contribution < -0.4 is 14.8 Å². The second-order valence-corrected chi connectivity index (χ2v) is 7.69. The smallest absolute Gasteiger partial charge is 0.251 e. The number of H-pyrrole nitrogens is 1. The monoisotopic (exact) mass is 392 g/mol. The van der Waals surface area contributed by atoms with Crippen LogP contribution in [-0.4, -0.2) is 53.6 Å². The van der Waals surface area contributed by atoms with Crippen LogP contribution in [0.4, 0.5) is 0 Å². The number of likely N-dealkylation sites (tertiary alicyclic amines) is 1. The molecule has 7 nitrogen and oxygen atoms in total. The van der Waals surface area contributed by atoms with Crippen LogP contribution in [0.3, 0.4) is 0 Å². The minimum atomic E-state index is -0.0834. The second kappa shape index (κ2) is 7.40. The zero-order valence-corrected chi connectivity index (χ0v) is 16.4. The van der Waals surface area contributed by atoms with E-state index in [1.807, 2.05) is 24.3 Å². The Morgan fingerprint density at radius 2 is 2.00 bits per heavy atom. The Hall–Kier alpha value is -3.06. The number of nitrogens with one attached hydrogen (secondary N) is 2. The maximum Gasteiger partial charge on any atom is 0.251 e. The molecule has 150 valence electrons. The van der Waals surface area contributed by atoms with Crippen molar-refractivity contribution in [3.8, 4) is 11.5 Å². The molecule has 0 radical (unpaired) electrons. The molecule has 2 aromatic carbocycles. The van der Waals surface area contributed by atoms with E-state index < -0.39 is 0 Å². The van der Waals surface area contributed by atoms with E-state index in [4.69, 9.17) is 14.5 Å². The van der Waals surface area contributed by atoms with Gasteiger partial charge in [-0.3, -0.25) is 9.69 Å². The molecule has 2 N–H and O–H groups in total. The molecule has 1 amide bonds. The maximum absolute atomic E-state index is 12.8. The number of benzene rings is 2. The van der Waals surface area contributed by atoms with Crippen molar-refractivity contribution in [2.24, 2.45) is 0 Å². The Morgan fingerprint density at radius 3 is 2.86 bits per heavy atom. The van der Waals surface area contributed by atoms with Gasteiger partial charge in [-0.25, -0.2) is 4.98 Å². The molecule has 1 aromatic heterocycles. The molecule has 0 saturated carbocycles. The topological polar surface area (TPSA) is 79.5 Å². The van der Waals surface area contributed by atoms with Crippen LogP contribution in [0.2, 0.25) is 0 Å². The normalized spacial score (nSPS) is 21.8. The summed E-state index contributed by atoms with van der Waals surface area (Å²) in [5, 5.41) is 3.19. The second-order valence-electron chi connectivity index (χ2n) is 7.69. The quantitative estimate of drug-likeness (QED) is 0.717. The largest absolute Gasteiger partial charge is 0.486 e. The SMILES string of the molecule is CN1CC[C@@H](NC(=O)c2ccc3c(c2)OCCO3)C[C@H]1c1nc2ccccc2[nH]1. The van der Waals surface area contributed by atoms with E-state index in [0.717, 1.165) is 36.2 Å². The molecular weight excluding hydrogens is 368 g/mol. The van der Waals surface area contributed by atoms with Crippen molar-refractivity contribution >= 4 is 16.9 Å². The van der Waals surface area contributed by atoms with E-state index in [0.29, 0.717) is 30.3 Å². The van der Waals surface area contributed by atoms with Crippen molar-refractivity contribution in [1.29, 1.82) is 0 Å². The lowest BCUT2D eigenvalue weighted by Gasteiger charge is -2.36. The number of hydrogen-bond acceptors (Lipinski definition) is 5.